The zero-order chi connectivity index (χ0) is 11.8. The fourth-order valence-corrected chi connectivity index (χ4v) is 1.22. The Hall–Kier alpha value is -1.42. The summed E-state index contributed by atoms with van der Waals surface area (Å²) in [7, 11) is 0. The third-order valence-electron chi connectivity index (χ3n) is 2.17. The lowest BCUT2D eigenvalue weighted by atomic mass is 10.3. The van der Waals surface area contributed by atoms with Crippen molar-refractivity contribution >= 4 is 5.69 Å². The number of hydrogen-bond acceptors (Lipinski definition) is 4. The molecular weight excluding hydrogens is 206 g/mol. The molecule has 0 radical (unpaired) electrons. The molecule has 1 aromatic rings. The van der Waals surface area contributed by atoms with E-state index in [9.17, 15) is 5.11 Å². The Labute approximate surface area is 96.0 Å². The molecule has 0 unspecified atom stereocenters. The van der Waals surface area contributed by atoms with Crippen LogP contribution in [0.25, 0.3) is 0 Å². The van der Waals surface area contributed by atoms with Gasteiger partial charge in [0, 0.05) is 6.61 Å². The topological polar surface area (TPSA) is 64.7 Å². The molecule has 4 heteroatoms. The van der Waals surface area contributed by atoms with Gasteiger partial charge in [-0.05, 0) is 18.6 Å². The van der Waals surface area contributed by atoms with E-state index in [1.807, 2.05) is 0 Å². The summed E-state index contributed by atoms with van der Waals surface area (Å²) in [5.74, 6) is 0.545. The first-order valence-electron chi connectivity index (χ1n) is 5.53. The van der Waals surface area contributed by atoms with Gasteiger partial charge in [0.1, 0.15) is 23.8 Å². The van der Waals surface area contributed by atoms with Crippen LogP contribution < -0.4 is 10.5 Å². The number of rotatable bonds is 7. The second kappa shape index (κ2) is 6.95. The maximum absolute atomic E-state index is 9.34. The molecule has 0 aliphatic heterocycles. The van der Waals surface area contributed by atoms with Gasteiger partial charge in [-0.2, -0.15) is 0 Å². The monoisotopic (exact) mass is 225 g/mol. The molecule has 1 aromatic carbocycles. The van der Waals surface area contributed by atoms with Crippen LogP contribution in [0.3, 0.4) is 0 Å². The van der Waals surface area contributed by atoms with Gasteiger partial charge < -0.3 is 20.3 Å². The number of hydrogen-bond donors (Lipinski definition) is 2. The number of para-hydroxylation sites is 1. The minimum atomic E-state index is 0.0457. The molecule has 1 rings (SSSR count). The SMILES string of the molecule is CCCCOCCOc1cccc(O)c1N. The van der Waals surface area contributed by atoms with E-state index in [2.05, 4.69) is 6.92 Å². The van der Waals surface area contributed by atoms with E-state index in [0.29, 0.717) is 19.0 Å². The zero-order valence-corrected chi connectivity index (χ0v) is 9.61. The largest absolute Gasteiger partial charge is 0.506 e. The van der Waals surface area contributed by atoms with Crippen molar-refractivity contribution in [2.75, 3.05) is 25.6 Å². The number of aromatic hydroxyl groups is 1. The Bertz CT molecular complexity index is 315. The molecule has 0 bridgehead atoms. The molecule has 0 aliphatic rings. The first kappa shape index (κ1) is 12.6. The molecule has 0 saturated heterocycles. The molecule has 4 nitrogen and oxygen atoms in total. The summed E-state index contributed by atoms with van der Waals surface area (Å²) in [6.07, 6.45) is 2.19. The van der Waals surface area contributed by atoms with Crippen molar-refractivity contribution < 1.29 is 14.6 Å². The van der Waals surface area contributed by atoms with Gasteiger partial charge in [-0.3, -0.25) is 0 Å². The number of nitrogen functional groups attached to an aromatic ring is 1. The van der Waals surface area contributed by atoms with Crippen LogP contribution in [0.4, 0.5) is 5.69 Å². The number of phenolic OH excluding ortho intramolecular Hbond substituents is 1. The summed E-state index contributed by atoms with van der Waals surface area (Å²) >= 11 is 0. The Balaban J connectivity index is 2.24. The minimum Gasteiger partial charge on any atom is -0.506 e. The highest BCUT2D eigenvalue weighted by molar-refractivity contribution is 5.61. The van der Waals surface area contributed by atoms with Gasteiger partial charge in [0.25, 0.3) is 0 Å². The van der Waals surface area contributed by atoms with Crippen molar-refractivity contribution in [2.24, 2.45) is 0 Å². The number of anilines is 1. The maximum atomic E-state index is 9.34. The quantitative estimate of drug-likeness (QED) is 0.424. The minimum absolute atomic E-state index is 0.0457. The van der Waals surface area contributed by atoms with E-state index in [-0.39, 0.29) is 11.4 Å². The van der Waals surface area contributed by atoms with Crippen molar-refractivity contribution in [2.45, 2.75) is 19.8 Å². The van der Waals surface area contributed by atoms with E-state index in [0.717, 1.165) is 19.4 Å². The predicted molar refractivity (Wildman–Crippen MR) is 63.7 cm³/mol. The first-order chi connectivity index (χ1) is 7.75. The lowest BCUT2D eigenvalue weighted by Crippen LogP contribution is -2.08. The van der Waals surface area contributed by atoms with Crippen LogP contribution in [0, 0.1) is 0 Å². The molecule has 0 spiro atoms. The van der Waals surface area contributed by atoms with E-state index < -0.39 is 0 Å². The highest BCUT2D eigenvalue weighted by atomic mass is 16.5. The highest BCUT2D eigenvalue weighted by Gasteiger charge is 2.03. The average molecular weight is 225 g/mol. The van der Waals surface area contributed by atoms with Crippen LogP contribution in [-0.4, -0.2) is 24.9 Å². The number of benzene rings is 1. The van der Waals surface area contributed by atoms with Crippen molar-refractivity contribution in [1.82, 2.24) is 0 Å². The van der Waals surface area contributed by atoms with E-state index in [4.69, 9.17) is 15.2 Å². The molecule has 90 valence electrons. The van der Waals surface area contributed by atoms with Crippen LogP contribution in [-0.2, 0) is 4.74 Å². The summed E-state index contributed by atoms with van der Waals surface area (Å²) in [6, 6.07) is 4.94. The average Bonchev–Trinajstić information content (AvgIpc) is 2.29. The Morgan fingerprint density at radius 3 is 2.81 bits per heavy atom. The van der Waals surface area contributed by atoms with Crippen LogP contribution in [0.2, 0.25) is 0 Å². The zero-order valence-electron chi connectivity index (χ0n) is 9.61. The highest BCUT2D eigenvalue weighted by Crippen LogP contribution is 2.29. The lowest BCUT2D eigenvalue weighted by molar-refractivity contribution is 0.0982. The third kappa shape index (κ3) is 3.98. The lowest BCUT2D eigenvalue weighted by Gasteiger charge is -2.09. The molecule has 0 fully saturated rings. The first-order valence-corrected chi connectivity index (χ1v) is 5.53. The van der Waals surface area contributed by atoms with Crippen molar-refractivity contribution in [3.05, 3.63) is 18.2 Å². The summed E-state index contributed by atoms with van der Waals surface area (Å²) < 4.78 is 10.7. The van der Waals surface area contributed by atoms with Gasteiger partial charge in [-0.15, -0.1) is 0 Å². The van der Waals surface area contributed by atoms with Crippen LogP contribution in [0.5, 0.6) is 11.5 Å². The second-order valence-corrected chi connectivity index (χ2v) is 3.50. The van der Waals surface area contributed by atoms with Crippen molar-refractivity contribution in [3.63, 3.8) is 0 Å². The van der Waals surface area contributed by atoms with Gasteiger partial charge in [0.05, 0.1) is 6.61 Å². The molecule has 0 atom stereocenters. The van der Waals surface area contributed by atoms with Gasteiger partial charge in [0.2, 0.25) is 0 Å². The Morgan fingerprint density at radius 2 is 2.06 bits per heavy atom. The summed E-state index contributed by atoms with van der Waals surface area (Å²) in [4.78, 5) is 0. The van der Waals surface area contributed by atoms with Crippen LogP contribution >= 0.6 is 0 Å². The van der Waals surface area contributed by atoms with E-state index >= 15 is 0 Å². The summed E-state index contributed by atoms with van der Waals surface area (Å²) in [5, 5.41) is 9.34. The number of ether oxygens (including phenoxy) is 2. The second-order valence-electron chi connectivity index (χ2n) is 3.50. The van der Waals surface area contributed by atoms with Crippen molar-refractivity contribution in [3.8, 4) is 11.5 Å². The summed E-state index contributed by atoms with van der Waals surface area (Å²) in [5.41, 5.74) is 5.90. The molecule has 0 saturated carbocycles. The predicted octanol–water partition coefficient (Wildman–Crippen LogP) is 2.17. The molecule has 0 aliphatic carbocycles. The molecular formula is C12H19NO3. The standard InChI is InChI=1S/C12H19NO3/c1-2-3-7-15-8-9-16-11-6-4-5-10(14)12(11)13/h4-6,14H,2-3,7-9,13H2,1H3. The maximum Gasteiger partial charge on any atom is 0.146 e. The molecule has 0 heterocycles. The third-order valence-corrected chi connectivity index (χ3v) is 2.17. The number of nitrogens with two attached hydrogens (primary N) is 1. The van der Waals surface area contributed by atoms with Gasteiger partial charge in [-0.1, -0.05) is 19.4 Å². The fourth-order valence-electron chi connectivity index (χ4n) is 1.22. The van der Waals surface area contributed by atoms with Gasteiger partial charge in [0.15, 0.2) is 0 Å². The molecule has 0 amide bonds. The van der Waals surface area contributed by atoms with Crippen molar-refractivity contribution in [1.29, 1.82) is 0 Å². The number of phenols is 1. The Morgan fingerprint density at radius 1 is 1.25 bits per heavy atom. The molecule has 0 aromatic heterocycles. The normalized spacial score (nSPS) is 10.3. The Kier molecular flexibility index (Phi) is 5.50. The summed E-state index contributed by atoms with van der Waals surface area (Å²) in [6.45, 7) is 3.86. The van der Waals surface area contributed by atoms with Crippen LogP contribution in [0.15, 0.2) is 18.2 Å². The molecule has 16 heavy (non-hydrogen) atoms. The smallest absolute Gasteiger partial charge is 0.146 e. The van der Waals surface area contributed by atoms with Gasteiger partial charge >= 0.3 is 0 Å². The van der Waals surface area contributed by atoms with E-state index in [1.165, 1.54) is 6.07 Å². The van der Waals surface area contributed by atoms with Crippen LogP contribution in [0.1, 0.15) is 19.8 Å². The fraction of sp³-hybridized carbons (Fsp3) is 0.500. The number of unbranched alkanes of at least 4 members (excludes halogenated alkanes) is 1. The van der Waals surface area contributed by atoms with Gasteiger partial charge in [-0.25, -0.2) is 0 Å². The molecule has 3 N–H and O–H groups in total. The van der Waals surface area contributed by atoms with E-state index in [1.54, 1.807) is 12.1 Å².